The van der Waals surface area contributed by atoms with Crippen molar-refractivity contribution in [3.63, 3.8) is 0 Å². The van der Waals surface area contributed by atoms with Gasteiger partial charge in [-0.2, -0.15) is 0 Å². The molecule has 38 heavy (non-hydrogen) atoms. The molecule has 3 N–H and O–H groups in total. The Hall–Kier alpha value is -3.59. The van der Waals surface area contributed by atoms with E-state index >= 15 is 0 Å². The van der Waals surface area contributed by atoms with Crippen LogP contribution in [0.2, 0.25) is 0 Å². The third kappa shape index (κ3) is 11.2. The number of ketones is 1. The average molecular weight is 525 g/mol. The van der Waals surface area contributed by atoms with Crippen molar-refractivity contribution in [2.75, 3.05) is 13.2 Å². The number of carbonyl (C=O) groups excluding carboxylic acids is 4. The minimum atomic E-state index is -0.829. The molecule has 3 rings (SSSR count). The van der Waals surface area contributed by atoms with Crippen molar-refractivity contribution < 1.29 is 23.9 Å². The van der Waals surface area contributed by atoms with Crippen LogP contribution in [0.15, 0.2) is 54.9 Å². The van der Waals surface area contributed by atoms with Gasteiger partial charge in [0.25, 0.3) is 0 Å². The maximum absolute atomic E-state index is 12.6. The summed E-state index contributed by atoms with van der Waals surface area (Å²) in [6.45, 7) is 9.11. The number of aromatic nitrogens is 1. The van der Waals surface area contributed by atoms with Gasteiger partial charge in [-0.15, -0.1) is 0 Å². The van der Waals surface area contributed by atoms with Crippen LogP contribution in [0.5, 0.6) is 0 Å². The van der Waals surface area contributed by atoms with Crippen molar-refractivity contribution in [3.05, 3.63) is 66.0 Å². The number of pyridine rings is 1. The summed E-state index contributed by atoms with van der Waals surface area (Å²) in [5, 5.41) is 7.92. The van der Waals surface area contributed by atoms with Crippen LogP contribution in [0.3, 0.4) is 0 Å². The first kappa shape index (κ1) is 30.6. The highest BCUT2D eigenvalue weighted by atomic mass is 16.6. The number of Topliss-reactive ketones (excluding diaryl/α,β-unsaturated/α-hetero) is 1. The van der Waals surface area contributed by atoms with Gasteiger partial charge in [0.15, 0.2) is 5.78 Å². The van der Waals surface area contributed by atoms with Gasteiger partial charge in [-0.3, -0.25) is 24.2 Å². The number of hydrogen-bond acceptors (Lipinski definition) is 6. The molecule has 1 aliphatic heterocycles. The van der Waals surface area contributed by atoms with E-state index in [1.54, 1.807) is 19.3 Å². The molecule has 1 aromatic carbocycles. The maximum atomic E-state index is 12.6. The maximum Gasteiger partial charge on any atom is 0.243 e. The van der Waals surface area contributed by atoms with E-state index < -0.39 is 29.5 Å². The molecule has 1 aromatic heterocycles. The van der Waals surface area contributed by atoms with Gasteiger partial charge in [0.1, 0.15) is 11.6 Å². The standard InChI is InChI=1S/C23H33N3O5.C6H7N/c1-15(2)12-19(21(29)23(4)14-31-23)26-20(28)13-24-22(30)18(25-16(3)27)11-10-17-8-6-5-7-9-17;1-6-2-4-7-5-3-6/h5-9,15,18-19H,10-14H2,1-4H3,(H,24,30)(H,25,27)(H,26,28);2-5H,1H3. The summed E-state index contributed by atoms with van der Waals surface area (Å²) in [6.07, 6.45) is 5.07. The largest absolute Gasteiger partial charge is 0.361 e. The number of amides is 3. The third-order valence-corrected chi connectivity index (χ3v) is 5.99. The van der Waals surface area contributed by atoms with E-state index in [-0.39, 0.29) is 24.2 Å². The van der Waals surface area contributed by atoms with Gasteiger partial charge in [0.2, 0.25) is 17.7 Å². The fourth-order valence-corrected chi connectivity index (χ4v) is 3.75. The lowest BCUT2D eigenvalue weighted by atomic mass is 9.93. The Labute approximate surface area is 225 Å². The number of nitrogens with one attached hydrogen (secondary N) is 3. The lowest BCUT2D eigenvalue weighted by molar-refractivity contribution is -0.132. The number of rotatable bonds is 12. The quantitative estimate of drug-likeness (QED) is 0.366. The number of epoxide rings is 1. The molecule has 1 saturated heterocycles. The Balaban J connectivity index is 0.000000624. The second-order valence-electron chi connectivity index (χ2n) is 10.2. The molecule has 2 aromatic rings. The smallest absolute Gasteiger partial charge is 0.243 e. The van der Waals surface area contributed by atoms with Gasteiger partial charge < -0.3 is 20.7 Å². The second kappa shape index (κ2) is 15.0. The normalized spacial score (nSPS) is 17.3. The van der Waals surface area contributed by atoms with Gasteiger partial charge >= 0.3 is 0 Å². The zero-order chi connectivity index (χ0) is 28.1. The van der Waals surface area contributed by atoms with Crippen molar-refractivity contribution in [2.24, 2.45) is 5.92 Å². The summed E-state index contributed by atoms with van der Waals surface area (Å²) >= 11 is 0. The van der Waals surface area contributed by atoms with Crippen molar-refractivity contribution in [2.45, 2.75) is 71.6 Å². The Kier molecular flexibility index (Phi) is 12.1. The molecule has 1 aliphatic rings. The van der Waals surface area contributed by atoms with Crippen molar-refractivity contribution in [1.82, 2.24) is 20.9 Å². The molecule has 9 nitrogen and oxygen atoms in total. The second-order valence-corrected chi connectivity index (χ2v) is 10.2. The summed E-state index contributed by atoms with van der Waals surface area (Å²) in [5.74, 6) is -1.17. The minimum Gasteiger partial charge on any atom is -0.361 e. The summed E-state index contributed by atoms with van der Waals surface area (Å²) in [5.41, 5.74) is 1.48. The molecule has 0 radical (unpaired) electrons. The predicted molar refractivity (Wildman–Crippen MR) is 145 cm³/mol. The predicted octanol–water partition coefficient (Wildman–Crippen LogP) is 2.52. The molecule has 3 atom stereocenters. The molecule has 0 bridgehead atoms. The first-order valence-electron chi connectivity index (χ1n) is 12.9. The molecule has 9 heteroatoms. The zero-order valence-electron chi connectivity index (χ0n) is 23.0. The van der Waals surface area contributed by atoms with Crippen LogP contribution in [0.25, 0.3) is 0 Å². The van der Waals surface area contributed by atoms with Crippen LogP contribution in [0, 0.1) is 12.8 Å². The van der Waals surface area contributed by atoms with Crippen LogP contribution in [0.1, 0.15) is 51.7 Å². The van der Waals surface area contributed by atoms with E-state index in [1.807, 2.05) is 63.2 Å². The van der Waals surface area contributed by atoms with Crippen LogP contribution in [-0.4, -0.2) is 59.3 Å². The Morgan fingerprint density at radius 2 is 1.63 bits per heavy atom. The van der Waals surface area contributed by atoms with E-state index in [1.165, 1.54) is 12.5 Å². The number of nitrogens with zero attached hydrogens (tertiary/aromatic N) is 1. The molecule has 2 heterocycles. The molecular weight excluding hydrogens is 484 g/mol. The molecule has 206 valence electrons. The Morgan fingerprint density at radius 3 is 2.13 bits per heavy atom. The van der Waals surface area contributed by atoms with Crippen molar-refractivity contribution in [1.29, 1.82) is 0 Å². The summed E-state index contributed by atoms with van der Waals surface area (Å²) in [7, 11) is 0. The van der Waals surface area contributed by atoms with E-state index in [4.69, 9.17) is 4.74 Å². The lowest BCUT2D eigenvalue weighted by Gasteiger charge is -2.22. The fraction of sp³-hybridized carbons (Fsp3) is 0.483. The van der Waals surface area contributed by atoms with E-state index in [0.717, 1.165) is 5.56 Å². The lowest BCUT2D eigenvalue weighted by Crippen LogP contribution is -2.52. The molecule has 1 fully saturated rings. The van der Waals surface area contributed by atoms with E-state index in [9.17, 15) is 19.2 Å². The summed E-state index contributed by atoms with van der Waals surface area (Å²) in [4.78, 5) is 53.0. The molecule has 3 unspecified atom stereocenters. The highest BCUT2D eigenvalue weighted by Gasteiger charge is 2.50. The highest BCUT2D eigenvalue weighted by Crippen LogP contribution is 2.29. The fourth-order valence-electron chi connectivity index (χ4n) is 3.75. The molecular formula is C29H40N4O5. The number of hydrogen-bond donors (Lipinski definition) is 3. The van der Waals surface area contributed by atoms with Gasteiger partial charge in [0.05, 0.1) is 19.2 Å². The third-order valence-electron chi connectivity index (χ3n) is 5.99. The molecule has 0 aliphatic carbocycles. The molecule has 3 amide bonds. The first-order valence-corrected chi connectivity index (χ1v) is 12.9. The number of aryl methyl sites for hydroxylation is 2. The van der Waals surface area contributed by atoms with Gasteiger partial charge in [0, 0.05) is 19.3 Å². The van der Waals surface area contributed by atoms with Crippen LogP contribution in [0.4, 0.5) is 0 Å². The average Bonchev–Trinajstić information content (AvgIpc) is 3.63. The van der Waals surface area contributed by atoms with Gasteiger partial charge in [-0.25, -0.2) is 0 Å². The number of benzene rings is 1. The Morgan fingerprint density at radius 1 is 1.00 bits per heavy atom. The van der Waals surface area contributed by atoms with E-state index in [0.29, 0.717) is 25.9 Å². The summed E-state index contributed by atoms with van der Waals surface area (Å²) < 4.78 is 5.22. The SMILES string of the molecule is CC(=O)NC(CCc1ccccc1)C(=O)NCC(=O)NC(CC(C)C)C(=O)C1(C)CO1.Cc1ccncc1. The van der Waals surface area contributed by atoms with E-state index in [2.05, 4.69) is 20.9 Å². The zero-order valence-corrected chi connectivity index (χ0v) is 23.0. The minimum absolute atomic E-state index is 0.153. The summed E-state index contributed by atoms with van der Waals surface area (Å²) in [6, 6.07) is 12.2. The van der Waals surface area contributed by atoms with Crippen molar-refractivity contribution >= 4 is 23.5 Å². The van der Waals surface area contributed by atoms with Gasteiger partial charge in [-0.05, 0) is 62.3 Å². The first-order chi connectivity index (χ1) is 18.0. The monoisotopic (exact) mass is 524 g/mol. The van der Waals surface area contributed by atoms with Gasteiger partial charge in [-0.1, -0.05) is 44.2 Å². The Bertz CT molecular complexity index is 1060. The number of ether oxygens (including phenoxy) is 1. The topological polar surface area (TPSA) is 130 Å². The highest BCUT2D eigenvalue weighted by molar-refractivity contribution is 5.97. The van der Waals surface area contributed by atoms with Crippen LogP contribution in [-0.2, 0) is 30.3 Å². The molecule has 0 spiro atoms. The number of carbonyl (C=O) groups is 4. The van der Waals surface area contributed by atoms with Crippen LogP contribution < -0.4 is 16.0 Å². The van der Waals surface area contributed by atoms with Crippen molar-refractivity contribution in [3.8, 4) is 0 Å². The van der Waals surface area contributed by atoms with Crippen LogP contribution >= 0.6 is 0 Å². The molecule has 0 saturated carbocycles.